The summed E-state index contributed by atoms with van der Waals surface area (Å²) in [5.41, 5.74) is 6.13. The average Bonchev–Trinajstić information content (AvgIpc) is 2.42. The van der Waals surface area contributed by atoms with Crippen molar-refractivity contribution in [3.05, 3.63) is 28.2 Å². The lowest BCUT2D eigenvalue weighted by atomic mass is 10.1. The third-order valence-corrected chi connectivity index (χ3v) is 1.92. The fraction of sp³-hybridized carbons (Fsp3) is 0. The van der Waals surface area contributed by atoms with Crippen LogP contribution in [-0.2, 0) is 0 Å². The number of carboxylic acids is 1. The van der Waals surface area contributed by atoms with Crippen molar-refractivity contribution in [3.8, 4) is 0 Å². The van der Waals surface area contributed by atoms with Gasteiger partial charge >= 0.3 is 11.7 Å². The molecule has 0 aliphatic heterocycles. The molecule has 0 bridgehead atoms. The Balaban J connectivity index is 2.82. The smallest absolute Gasteiger partial charge is 0.337 e. The summed E-state index contributed by atoms with van der Waals surface area (Å²) in [6.45, 7) is 0. The van der Waals surface area contributed by atoms with Crippen molar-refractivity contribution in [1.82, 2.24) is 9.97 Å². The van der Waals surface area contributed by atoms with Gasteiger partial charge in [-0.25, -0.2) is 9.59 Å². The van der Waals surface area contributed by atoms with Crippen molar-refractivity contribution >= 4 is 22.7 Å². The van der Waals surface area contributed by atoms with E-state index in [1.807, 2.05) is 0 Å². The Morgan fingerprint density at radius 2 is 1.86 bits per heavy atom. The lowest BCUT2D eigenvalue weighted by molar-refractivity contribution is 0.0698. The first kappa shape index (κ1) is 8.36. The number of hydrogen-bond acceptors (Lipinski definition) is 3. The highest BCUT2D eigenvalue weighted by Crippen LogP contribution is 2.17. The highest BCUT2D eigenvalue weighted by Gasteiger charge is 2.10. The largest absolute Gasteiger partial charge is 0.478 e. The quantitative estimate of drug-likeness (QED) is 0.482. The van der Waals surface area contributed by atoms with Crippen LogP contribution in [0.15, 0.2) is 16.9 Å². The average molecular weight is 193 g/mol. The second-order valence-electron chi connectivity index (χ2n) is 2.87. The zero-order chi connectivity index (χ0) is 10.3. The van der Waals surface area contributed by atoms with Crippen molar-refractivity contribution in [3.63, 3.8) is 0 Å². The van der Waals surface area contributed by atoms with E-state index >= 15 is 0 Å². The van der Waals surface area contributed by atoms with Crippen LogP contribution < -0.4 is 11.4 Å². The number of aromatic carboxylic acids is 1. The van der Waals surface area contributed by atoms with E-state index in [1.54, 1.807) is 0 Å². The van der Waals surface area contributed by atoms with Crippen molar-refractivity contribution in [2.24, 2.45) is 0 Å². The summed E-state index contributed by atoms with van der Waals surface area (Å²) in [7, 11) is 0. The van der Waals surface area contributed by atoms with Crippen LogP contribution in [0.25, 0.3) is 11.0 Å². The number of fused-ring (bicyclic) bond motifs is 1. The summed E-state index contributed by atoms with van der Waals surface area (Å²) in [6.07, 6.45) is 0. The zero-order valence-electron chi connectivity index (χ0n) is 7.00. The molecular weight excluding hydrogens is 186 g/mol. The van der Waals surface area contributed by atoms with E-state index in [-0.39, 0.29) is 16.9 Å². The number of benzene rings is 1. The molecule has 0 radical (unpaired) electrons. The number of H-pyrrole nitrogens is 2. The molecule has 14 heavy (non-hydrogen) atoms. The molecule has 5 N–H and O–H groups in total. The van der Waals surface area contributed by atoms with Gasteiger partial charge in [0.2, 0.25) is 0 Å². The second-order valence-corrected chi connectivity index (χ2v) is 2.87. The van der Waals surface area contributed by atoms with Crippen molar-refractivity contribution < 1.29 is 9.90 Å². The van der Waals surface area contributed by atoms with Gasteiger partial charge in [0, 0.05) is 5.69 Å². The first-order valence-electron chi connectivity index (χ1n) is 3.83. The first-order chi connectivity index (χ1) is 6.58. The van der Waals surface area contributed by atoms with E-state index in [9.17, 15) is 9.59 Å². The Morgan fingerprint density at radius 3 is 2.43 bits per heavy atom. The molecule has 1 heterocycles. The molecule has 0 saturated heterocycles. The summed E-state index contributed by atoms with van der Waals surface area (Å²) in [6, 6.07) is 2.74. The highest BCUT2D eigenvalue weighted by molar-refractivity contribution is 5.98. The fourth-order valence-corrected chi connectivity index (χ4v) is 1.28. The normalized spacial score (nSPS) is 10.6. The number of imidazole rings is 1. The highest BCUT2D eigenvalue weighted by atomic mass is 16.4. The van der Waals surface area contributed by atoms with Gasteiger partial charge in [-0.3, -0.25) is 0 Å². The van der Waals surface area contributed by atoms with Gasteiger partial charge in [0.1, 0.15) is 0 Å². The van der Waals surface area contributed by atoms with Crippen LogP contribution in [-0.4, -0.2) is 21.0 Å². The standard InChI is InChI=1S/C8H7N3O3/c9-4-2-6-5(10-8(14)11-6)1-3(4)7(12)13/h1-2H,9H2,(H,12,13)(H2,10,11,14). The minimum atomic E-state index is -1.12. The first-order valence-corrected chi connectivity index (χ1v) is 3.83. The van der Waals surface area contributed by atoms with Crippen LogP contribution in [0.2, 0.25) is 0 Å². The molecule has 72 valence electrons. The Hall–Kier alpha value is -2.24. The molecule has 0 atom stereocenters. The van der Waals surface area contributed by atoms with E-state index in [1.165, 1.54) is 12.1 Å². The number of nitrogens with one attached hydrogen (secondary N) is 2. The third kappa shape index (κ3) is 1.13. The van der Waals surface area contributed by atoms with E-state index in [2.05, 4.69) is 9.97 Å². The van der Waals surface area contributed by atoms with Gasteiger partial charge < -0.3 is 20.8 Å². The van der Waals surface area contributed by atoms with Crippen LogP contribution in [0.5, 0.6) is 0 Å². The topological polar surface area (TPSA) is 112 Å². The molecule has 0 aliphatic rings. The van der Waals surface area contributed by atoms with E-state index < -0.39 is 5.97 Å². The van der Waals surface area contributed by atoms with Gasteiger partial charge in [0.25, 0.3) is 0 Å². The van der Waals surface area contributed by atoms with Gasteiger partial charge in [-0.2, -0.15) is 0 Å². The number of hydrogen-bond donors (Lipinski definition) is 4. The molecule has 2 aromatic rings. The maximum atomic E-state index is 10.9. The number of rotatable bonds is 1. The summed E-state index contributed by atoms with van der Waals surface area (Å²) in [5, 5.41) is 8.75. The molecule has 6 heteroatoms. The predicted molar refractivity (Wildman–Crippen MR) is 50.3 cm³/mol. The molecule has 0 saturated carbocycles. The van der Waals surface area contributed by atoms with Gasteiger partial charge in [0.15, 0.2) is 0 Å². The summed E-state index contributed by atoms with van der Waals surface area (Å²) in [5.74, 6) is -1.12. The monoisotopic (exact) mass is 193 g/mol. The predicted octanol–water partition coefficient (Wildman–Crippen LogP) is 0.137. The van der Waals surface area contributed by atoms with Crippen LogP contribution in [0.4, 0.5) is 5.69 Å². The molecular formula is C8H7N3O3. The Morgan fingerprint density at radius 1 is 1.29 bits per heavy atom. The van der Waals surface area contributed by atoms with Crippen LogP contribution in [0.3, 0.4) is 0 Å². The summed E-state index contributed by atoms with van der Waals surface area (Å²) < 4.78 is 0. The number of nitrogens with two attached hydrogens (primary N) is 1. The van der Waals surface area contributed by atoms with E-state index in [0.717, 1.165) is 0 Å². The minimum Gasteiger partial charge on any atom is -0.478 e. The number of carboxylic acid groups (broad SMARTS) is 1. The molecule has 2 rings (SSSR count). The van der Waals surface area contributed by atoms with Crippen molar-refractivity contribution in [2.45, 2.75) is 0 Å². The minimum absolute atomic E-state index is 0.0206. The number of aromatic amines is 2. The van der Waals surface area contributed by atoms with Gasteiger partial charge in [-0.05, 0) is 12.1 Å². The third-order valence-electron chi connectivity index (χ3n) is 1.92. The van der Waals surface area contributed by atoms with Crippen LogP contribution >= 0.6 is 0 Å². The molecule has 0 unspecified atom stereocenters. The maximum Gasteiger partial charge on any atom is 0.337 e. The number of aromatic nitrogens is 2. The van der Waals surface area contributed by atoms with E-state index in [4.69, 9.17) is 10.8 Å². The number of anilines is 1. The van der Waals surface area contributed by atoms with Crippen molar-refractivity contribution in [2.75, 3.05) is 5.73 Å². The number of carbonyl (C=O) groups is 1. The van der Waals surface area contributed by atoms with Crippen LogP contribution in [0, 0.1) is 0 Å². The molecule has 0 aliphatic carbocycles. The summed E-state index contributed by atoms with van der Waals surface area (Å²) >= 11 is 0. The molecule has 0 amide bonds. The van der Waals surface area contributed by atoms with Gasteiger partial charge in [-0.15, -0.1) is 0 Å². The van der Waals surface area contributed by atoms with Crippen molar-refractivity contribution in [1.29, 1.82) is 0 Å². The maximum absolute atomic E-state index is 10.9. The van der Waals surface area contributed by atoms with Gasteiger partial charge in [0.05, 0.1) is 16.6 Å². The molecule has 0 fully saturated rings. The van der Waals surface area contributed by atoms with E-state index in [0.29, 0.717) is 11.0 Å². The summed E-state index contributed by atoms with van der Waals surface area (Å²) in [4.78, 5) is 26.5. The molecule has 6 nitrogen and oxygen atoms in total. The van der Waals surface area contributed by atoms with Gasteiger partial charge in [-0.1, -0.05) is 0 Å². The molecule has 1 aromatic carbocycles. The lowest BCUT2D eigenvalue weighted by Crippen LogP contribution is -2.01. The lowest BCUT2D eigenvalue weighted by Gasteiger charge is -1.99. The number of nitrogen functional groups attached to an aromatic ring is 1. The fourth-order valence-electron chi connectivity index (χ4n) is 1.28. The second kappa shape index (κ2) is 2.63. The SMILES string of the molecule is Nc1cc2[nH]c(=O)[nH]c2cc1C(=O)O. The zero-order valence-corrected chi connectivity index (χ0v) is 7.00. The Bertz CT molecular complexity index is 567. The molecule has 1 aromatic heterocycles. The van der Waals surface area contributed by atoms with Crippen LogP contribution in [0.1, 0.15) is 10.4 Å². The Labute approximate surface area is 77.4 Å². The Kier molecular flexibility index (Phi) is 1.57. The molecule has 0 spiro atoms.